The predicted molar refractivity (Wildman–Crippen MR) is 57.8 cm³/mol. The van der Waals surface area contributed by atoms with Crippen LogP contribution in [0.3, 0.4) is 0 Å². The van der Waals surface area contributed by atoms with Gasteiger partial charge in [0.15, 0.2) is 0 Å². The molecular formula is C10H13N3O4. The number of rotatable bonds is 3. The predicted octanol–water partition coefficient (Wildman–Crippen LogP) is 0.186. The number of nitrogens with zero attached hydrogens (tertiary/aromatic N) is 2. The topological polar surface area (TPSA) is 93.4 Å². The Morgan fingerprint density at radius 3 is 3.12 bits per heavy atom. The number of carboxylic acids is 1. The van der Waals surface area contributed by atoms with E-state index in [1.165, 1.54) is 10.9 Å². The lowest BCUT2D eigenvalue weighted by Crippen LogP contribution is -2.35. The summed E-state index contributed by atoms with van der Waals surface area (Å²) in [5, 5.41) is 15.7. The van der Waals surface area contributed by atoms with Crippen molar-refractivity contribution in [2.75, 3.05) is 18.5 Å². The summed E-state index contributed by atoms with van der Waals surface area (Å²) in [6.45, 7) is 2.79. The average molecular weight is 239 g/mol. The number of ether oxygens (including phenoxy) is 1. The first-order chi connectivity index (χ1) is 8.13. The fourth-order valence-corrected chi connectivity index (χ4v) is 1.78. The SMILES string of the molecule is CCOC(=O)C1CNc2c(C(=O)O)cnn2C1. The van der Waals surface area contributed by atoms with Gasteiger partial charge in [-0.25, -0.2) is 9.48 Å². The molecule has 7 nitrogen and oxygen atoms in total. The molecular weight excluding hydrogens is 226 g/mol. The van der Waals surface area contributed by atoms with E-state index in [0.717, 1.165) is 0 Å². The van der Waals surface area contributed by atoms with Gasteiger partial charge in [0.2, 0.25) is 0 Å². The van der Waals surface area contributed by atoms with Gasteiger partial charge in [-0.05, 0) is 6.92 Å². The molecule has 0 aliphatic carbocycles. The molecule has 2 N–H and O–H groups in total. The number of hydrogen-bond donors (Lipinski definition) is 2. The first kappa shape index (κ1) is 11.4. The van der Waals surface area contributed by atoms with E-state index in [4.69, 9.17) is 9.84 Å². The first-order valence-electron chi connectivity index (χ1n) is 5.33. The van der Waals surface area contributed by atoms with E-state index in [2.05, 4.69) is 10.4 Å². The molecule has 0 aromatic carbocycles. The van der Waals surface area contributed by atoms with Crippen molar-refractivity contribution in [1.29, 1.82) is 0 Å². The van der Waals surface area contributed by atoms with Crippen molar-refractivity contribution in [3.05, 3.63) is 11.8 Å². The van der Waals surface area contributed by atoms with Crippen molar-refractivity contribution in [2.45, 2.75) is 13.5 Å². The lowest BCUT2D eigenvalue weighted by Gasteiger charge is -2.23. The lowest BCUT2D eigenvalue weighted by molar-refractivity contribution is -0.148. The number of carboxylic acid groups (broad SMARTS) is 1. The van der Waals surface area contributed by atoms with Crippen LogP contribution in [0.25, 0.3) is 0 Å². The monoisotopic (exact) mass is 239 g/mol. The Balaban J connectivity index is 2.15. The zero-order valence-corrected chi connectivity index (χ0v) is 9.34. The van der Waals surface area contributed by atoms with Gasteiger partial charge in [-0.2, -0.15) is 5.10 Å². The molecule has 7 heteroatoms. The molecule has 1 aliphatic heterocycles. The number of nitrogens with one attached hydrogen (secondary N) is 1. The van der Waals surface area contributed by atoms with Crippen LogP contribution in [0.1, 0.15) is 17.3 Å². The highest BCUT2D eigenvalue weighted by Crippen LogP contribution is 2.22. The van der Waals surface area contributed by atoms with E-state index in [9.17, 15) is 9.59 Å². The quantitative estimate of drug-likeness (QED) is 0.731. The number of esters is 1. The summed E-state index contributed by atoms with van der Waals surface area (Å²) in [6, 6.07) is 0. The van der Waals surface area contributed by atoms with Crippen LogP contribution >= 0.6 is 0 Å². The number of fused-ring (bicyclic) bond motifs is 1. The number of carbonyl (C=O) groups is 2. The zero-order chi connectivity index (χ0) is 12.4. The fraction of sp³-hybridized carbons (Fsp3) is 0.500. The van der Waals surface area contributed by atoms with Gasteiger partial charge in [-0.1, -0.05) is 0 Å². The maximum absolute atomic E-state index is 11.5. The molecule has 0 spiro atoms. The van der Waals surface area contributed by atoms with Crippen molar-refractivity contribution in [2.24, 2.45) is 5.92 Å². The second-order valence-corrected chi connectivity index (χ2v) is 3.72. The minimum absolute atomic E-state index is 0.118. The standard InChI is InChI=1S/C10H13N3O4/c1-2-17-10(16)6-3-11-8-7(9(14)15)4-12-13(8)5-6/h4,6,11H,2-3,5H2,1H3,(H,14,15). The zero-order valence-electron chi connectivity index (χ0n) is 9.34. The first-order valence-corrected chi connectivity index (χ1v) is 5.33. The molecule has 0 amide bonds. The number of anilines is 1. The molecule has 1 unspecified atom stereocenters. The Kier molecular flexibility index (Phi) is 2.99. The summed E-state index contributed by atoms with van der Waals surface area (Å²) in [6.07, 6.45) is 1.28. The van der Waals surface area contributed by atoms with Crippen LogP contribution in [-0.4, -0.2) is 40.0 Å². The van der Waals surface area contributed by atoms with Gasteiger partial charge in [0.05, 0.1) is 25.3 Å². The molecule has 1 aromatic rings. The highest BCUT2D eigenvalue weighted by Gasteiger charge is 2.29. The molecule has 2 heterocycles. The molecule has 0 saturated heterocycles. The molecule has 0 saturated carbocycles. The number of aromatic nitrogens is 2. The summed E-state index contributed by atoms with van der Waals surface area (Å²) in [7, 11) is 0. The Hall–Kier alpha value is -2.05. The van der Waals surface area contributed by atoms with E-state index in [-0.39, 0.29) is 17.5 Å². The van der Waals surface area contributed by atoms with E-state index in [1.54, 1.807) is 6.92 Å². The van der Waals surface area contributed by atoms with Gasteiger partial charge >= 0.3 is 11.9 Å². The normalized spacial score (nSPS) is 18.1. The number of carbonyl (C=O) groups excluding carboxylic acids is 1. The van der Waals surface area contributed by atoms with Gasteiger partial charge in [-0.15, -0.1) is 0 Å². The van der Waals surface area contributed by atoms with Gasteiger partial charge in [0.25, 0.3) is 0 Å². The fourth-order valence-electron chi connectivity index (χ4n) is 1.78. The molecule has 2 rings (SSSR count). The molecule has 1 aliphatic rings. The third kappa shape index (κ3) is 2.08. The molecule has 92 valence electrons. The maximum atomic E-state index is 11.5. The van der Waals surface area contributed by atoms with Crippen LogP contribution in [0, 0.1) is 5.92 Å². The lowest BCUT2D eigenvalue weighted by atomic mass is 10.1. The van der Waals surface area contributed by atoms with Crippen LogP contribution in [0.15, 0.2) is 6.20 Å². The molecule has 0 radical (unpaired) electrons. The third-order valence-electron chi connectivity index (χ3n) is 2.60. The van der Waals surface area contributed by atoms with Crippen LogP contribution in [0.5, 0.6) is 0 Å². The Morgan fingerprint density at radius 1 is 1.71 bits per heavy atom. The van der Waals surface area contributed by atoms with Crippen LogP contribution < -0.4 is 5.32 Å². The van der Waals surface area contributed by atoms with Crippen molar-refractivity contribution in [1.82, 2.24) is 9.78 Å². The molecule has 1 aromatic heterocycles. The average Bonchev–Trinajstić information content (AvgIpc) is 2.71. The Morgan fingerprint density at radius 2 is 2.47 bits per heavy atom. The van der Waals surface area contributed by atoms with Gasteiger partial charge in [0, 0.05) is 6.54 Å². The van der Waals surface area contributed by atoms with Crippen molar-refractivity contribution in [3.63, 3.8) is 0 Å². The van der Waals surface area contributed by atoms with E-state index in [0.29, 0.717) is 25.5 Å². The summed E-state index contributed by atoms with van der Waals surface area (Å²) < 4.78 is 6.39. The van der Waals surface area contributed by atoms with E-state index >= 15 is 0 Å². The largest absolute Gasteiger partial charge is 0.477 e. The van der Waals surface area contributed by atoms with Gasteiger partial charge in [0.1, 0.15) is 11.4 Å². The number of hydrogen-bond acceptors (Lipinski definition) is 5. The van der Waals surface area contributed by atoms with Crippen LogP contribution in [0.2, 0.25) is 0 Å². The second kappa shape index (κ2) is 4.44. The van der Waals surface area contributed by atoms with Gasteiger partial charge in [-0.3, -0.25) is 4.79 Å². The minimum Gasteiger partial charge on any atom is -0.477 e. The Labute approximate surface area is 97.4 Å². The summed E-state index contributed by atoms with van der Waals surface area (Å²) in [4.78, 5) is 22.4. The summed E-state index contributed by atoms with van der Waals surface area (Å²) in [5.41, 5.74) is 0.118. The Bertz CT molecular complexity index is 454. The van der Waals surface area contributed by atoms with Crippen LogP contribution in [0.4, 0.5) is 5.82 Å². The highest BCUT2D eigenvalue weighted by atomic mass is 16.5. The highest BCUT2D eigenvalue weighted by molar-refractivity contribution is 5.93. The van der Waals surface area contributed by atoms with E-state index < -0.39 is 5.97 Å². The van der Waals surface area contributed by atoms with Crippen molar-refractivity contribution >= 4 is 17.8 Å². The number of aromatic carboxylic acids is 1. The van der Waals surface area contributed by atoms with Gasteiger partial charge < -0.3 is 15.2 Å². The third-order valence-corrected chi connectivity index (χ3v) is 2.60. The molecule has 17 heavy (non-hydrogen) atoms. The second-order valence-electron chi connectivity index (χ2n) is 3.72. The summed E-state index contributed by atoms with van der Waals surface area (Å²) >= 11 is 0. The van der Waals surface area contributed by atoms with Crippen molar-refractivity contribution in [3.8, 4) is 0 Å². The summed E-state index contributed by atoms with van der Waals surface area (Å²) in [5.74, 6) is -1.21. The van der Waals surface area contributed by atoms with Crippen LogP contribution in [-0.2, 0) is 16.1 Å². The van der Waals surface area contributed by atoms with E-state index in [1.807, 2.05) is 0 Å². The maximum Gasteiger partial charge on any atom is 0.341 e. The molecule has 0 fully saturated rings. The molecule has 0 bridgehead atoms. The van der Waals surface area contributed by atoms with Crippen molar-refractivity contribution < 1.29 is 19.4 Å². The smallest absolute Gasteiger partial charge is 0.341 e. The minimum atomic E-state index is -1.03. The molecule has 1 atom stereocenters.